The van der Waals surface area contributed by atoms with Crippen LogP contribution in [0.1, 0.15) is 46.2 Å². The number of pyridine rings is 1. The summed E-state index contributed by atoms with van der Waals surface area (Å²) < 4.78 is 26.5. The molecule has 3 heterocycles. The Morgan fingerprint density at radius 1 is 1.29 bits per heavy atom. The van der Waals surface area contributed by atoms with E-state index in [1.54, 1.807) is 32.0 Å². The minimum Gasteiger partial charge on any atom is -0.392 e. The number of aliphatic hydroxyl groups is 2. The van der Waals surface area contributed by atoms with E-state index < -0.39 is 64.8 Å². The smallest absolute Gasteiger partial charge is 0.223 e. The number of alkyl halides is 1. The van der Waals surface area contributed by atoms with Crippen molar-refractivity contribution in [3.8, 4) is 0 Å². The van der Waals surface area contributed by atoms with Crippen LogP contribution in [-0.2, 0) is 19.1 Å². The van der Waals surface area contributed by atoms with Gasteiger partial charge in [0.1, 0.15) is 17.7 Å². The van der Waals surface area contributed by atoms with Crippen molar-refractivity contribution in [2.45, 2.75) is 70.0 Å². The highest BCUT2D eigenvalue weighted by Crippen LogP contribution is 2.44. The number of amides is 1. The van der Waals surface area contributed by atoms with Crippen LogP contribution in [0, 0.1) is 17.3 Å². The molecular weight excluding hydrogens is 479 g/mol. The van der Waals surface area contributed by atoms with Gasteiger partial charge >= 0.3 is 0 Å². The van der Waals surface area contributed by atoms with Crippen molar-refractivity contribution in [1.29, 1.82) is 0 Å². The second kappa shape index (κ2) is 11.0. The minimum atomic E-state index is -1.35. The number of rotatable bonds is 2. The molecule has 0 aliphatic carbocycles. The number of carbonyl (C=O) groups is 2. The van der Waals surface area contributed by atoms with Crippen molar-refractivity contribution in [1.82, 2.24) is 10.3 Å². The molecule has 2 fully saturated rings. The predicted molar refractivity (Wildman–Crippen MR) is 128 cm³/mol. The van der Waals surface area contributed by atoms with E-state index >= 15 is 4.39 Å². The van der Waals surface area contributed by atoms with E-state index in [0.717, 1.165) is 0 Å². The molecule has 3 rings (SSSR count). The minimum absolute atomic E-state index is 0.00490. The number of ketones is 1. The molecule has 2 aliphatic heterocycles. The first-order valence-electron chi connectivity index (χ1n) is 11.8. The molecule has 0 bridgehead atoms. The van der Waals surface area contributed by atoms with Crippen molar-refractivity contribution < 1.29 is 33.7 Å². The van der Waals surface area contributed by atoms with Crippen molar-refractivity contribution in [3.05, 3.63) is 35.9 Å². The maximum absolute atomic E-state index is 15.2. The van der Waals surface area contributed by atoms with Gasteiger partial charge in [0.25, 0.3) is 0 Å². The lowest BCUT2D eigenvalue weighted by atomic mass is 9.73. The first-order chi connectivity index (χ1) is 16.3. The van der Waals surface area contributed by atoms with Crippen LogP contribution in [0.5, 0.6) is 0 Å². The number of nitrogens with zero attached hydrogens (tertiary/aromatic N) is 1. The van der Waals surface area contributed by atoms with E-state index in [1.807, 2.05) is 0 Å². The van der Waals surface area contributed by atoms with Gasteiger partial charge in [-0.25, -0.2) is 4.39 Å². The second-order valence-corrected chi connectivity index (χ2v) is 10.7. The molecule has 35 heavy (non-hydrogen) atoms. The first kappa shape index (κ1) is 27.7. The molecule has 0 aromatic carbocycles. The highest BCUT2D eigenvalue weighted by atomic mass is 35.5. The fourth-order valence-electron chi connectivity index (χ4n) is 4.28. The Morgan fingerprint density at radius 3 is 2.66 bits per heavy atom. The Bertz CT molecular complexity index is 945. The van der Waals surface area contributed by atoms with Gasteiger partial charge in [-0.3, -0.25) is 14.6 Å². The molecule has 0 radical (unpaired) electrons. The molecule has 7 atom stereocenters. The van der Waals surface area contributed by atoms with Gasteiger partial charge < -0.3 is 25.0 Å². The average molecular weight is 513 g/mol. The van der Waals surface area contributed by atoms with Gasteiger partial charge in [-0.1, -0.05) is 45.4 Å². The number of hydrogen-bond acceptors (Lipinski definition) is 7. The van der Waals surface area contributed by atoms with E-state index in [1.165, 1.54) is 26.1 Å². The lowest BCUT2D eigenvalue weighted by Crippen LogP contribution is -2.47. The van der Waals surface area contributed by atoms with Gasteiger partial charge in [0, 0.05) is 24.5 Å². The number of aromatic nitrogens is 1. The van der Waals surface area contributed by atoms with E-state index in [9.17, 15) is 19.8 Å². The molecule has 2 saturated heterocycles. The number of Topliss-reactive ketones (excluding diaryl/α,β-unsaturated/α-hetero) is 1. The zero-order valence-electron chi connectivity index (χ0n) is 20.4. The summed E-state index contributed by atoms with van der Waals surface area (Å²) in [5.74, 6) is -2.89. The van der Waals surface area contributed by atoms with Crippen LogP contribution in [0.3, 0.4) is 0 Å². The number of aliphatic hydroxyl groups excluding tert-OH is 2. The number of halogens is 2. The summed E-state index contributed by atoms with van der Waals surface area (Å²) in [6.07, 6.45) is -0.618. The SMILES string of the molecule is C[C@@H]1COCC2(Cl)OC2C[C@H](/C(F)=C/c2ccccn2)NC(=O)C[C@H](O)C(C)(C)C(=O)[C@H](C)[C@@H]1O. The molecule has 1 amide bonds. The van der Waals surface area contributed by atoms with E-state index in [4.69, 9.17) is 21.1 Å². The van der Waals surface area contributed by atoms with Crippen LogP contribution in [-0.4, -0.2) is 69.5 Å². The van der Waals surface area contributed by atoms with Gasteiger partial charge in [-0.15, -0.1) is 0 Å². The topological polar surface area (TPSA) is 121 Å². The maximum Gasteiger partial charge on any atom is 0.223 e. The molecule has 1 aromatic heterocycles. The van der Waals surface area contributed by atoms with Crippen LogP contribution in [0.2, 0.25) is 0 Å². The van der Waals surface area contributed by atoms with Crippen molar-refractivity contribution in [3.63, 3.8) is 0 Å². The highest BCUT2D eigenvalue weighted by Gasteiger charge is 2.56. The van der Waals surface area contributed by atoms with Gasteiger partial charge in [-0.05, 0) is 18.2 Å². The Hall–Kier alpha value is -1.91. The number of hydrogen-bond donors (Lipinski definition) is 3. The molecule has 2 unspecified atom stereocenters. The molecule has 3 N–H and O–H groups in total. The van der Waals surface area contributed by atoms with Crippen LogP contribution >= 0.6 is 11.6 Å². The fraction of sp³-hybridized carbons (Fsp3) is 0.640. The molecule has 0 saturated carbocycles. The second-order valence-electron chi connectivity index (χ2n) is 10.1. The third kappa shape index (κ3) is 6.65. The van der Waals surface area contributed by atoms with E-state index in [-0.39, 0.29) is 25.4 Å². The average Bonchev–Trinajstić information content (AvgIpc) is 3.45. The predicted octanol–water partition coefficient (Wildman–Crippen LogP) is 2.61. The highest BCUT2D eigenvalue weighted by molar-refractivity contribution is 6.25. The van der Waals surface area contributed by atoms with Gasteiger partial charge in [-0.2, -0.15) is 0 Å². The van der Waals surface area contributed by atoms with E-state index in [0.29, 0.717) is 5.69 Å². The molecular formula is C25H34ClFN2O6. The van der Waals surface area contributed by atoms with Crippen LogP contribution < -0.4 is 5.32 Å². The summed E-state index contributed by atoms with van der Waals surface area (Å²) in [5, 5.41) is 22.9. The number of fused-ring (bicyclic) bond motifs is 1. The fourth-order valence-corrected chi connectivity index (χ4v) is 4.55. The van der Waals surface area contributed by atoms with Crippen molar-refractivity contribution in [2.24, 2.45) is 17.3 Å². The summed E-state index contributed by atoms with van der Waals surface area (Å²) in [6, 6.07) is 3.95. The number of nitrogens with one attached hydrogen (secondary N) is 1. The van der Waals surface area contributed by atoms with Gasteiger partial charge in [0.05, 0.1) is 49.0 Å². The molecule has 2 aliphatic rings. The Kier molecular flexibility index (Phi) is 8.70. The number of carbonyl (C=O) groups excluding carboxylic acids is 2. The summed E-state index contributed by atoms with van der Waals surface area (Å²) >= 11 is 6.47. The quantitative estimate of drug-likeness (QED) is 0.411. The third-order valence-electron chi connectivity index (χ3n) is 6.89. The molecule has 8 nitrogen and oxygen atoms in total. The Labute approximate surface area is 209 Å². The van der Waals surface area contributed by atoms with Gasteiger partial charge in [0.15, 0.2) is 5.06 Å². The van der Waals surface area contributed by atoms with Gasteiger partial charge in [0.2, 0.25) is 5.91 Å². The summed E-state index contributed by atoms with van der Waals surface area (Å²) in [6.45, 7) is 6.50. The number of epoxide rings is 1. The molecule has 1 aromatic rings. The normalized spacial score (nSPS) is 37.3. The summed E-state index contributed by atoms with van der Waals surface area (Å²) in [5.41, 5.74) is -0.949. The zero-order valence-corrected chi connectivity index (χ0v) is 21.2. The Balaban J connectivity index is 1.86. The van der Waals surface area contributed by atoms with E-state index in [2.05, 4.69) is 10.3 Å². The largest absolute Gasteiger partial charge is 0.392 e. The lowest BCUT2D eigenvalue weighted by Gasteiger charge is -2.34. The van der Waals surface area contributed by atoms with Crippen molar-refractivity contribution in [2.75, 3.05) is 13.2 Å². The first-order valence-corrected chi connectivity index (χ1v) is 12.2. The zero-order chi connectivity index (χ0) is 26.0. The third-order valence-corrected chi connectivity index (χ3v) is 7.33. The molecule has 0 spiro atoms. The molecule has 10 heteroatoms. The number of ether oxygens (including phenoxy) is 2. The molecule has 194 valence electrons. The maximum atomic E-state index is 15.2. The summed E-state index contributed by atoms with van der Waals surface area (Å²) in [7, 11) is 0. The van der Waals surface area contributed by atoms with Crippen LogP contribution in [0.25, 0.3) is 6.08 Å². The standard InChI is InChI=1S/C25H34ClFN2O6/c1-14-12-34-13-25(26)20(35-25)10-18(17(27)9-16-7-5-6-8-28-16)29-21(31)11-19(30)24(3,4)23(33)15(2)22(14)32/h5-9,14-15,18-20,22,30,32H,10-13H2,1-4H3,(H,29,31)/b17-9-/t14-,15-,18-,19+,20?,22-,25?/m1/s1. The monoisotopic (exact) mass is 512 g/mol. The van der Waals surface area contributed by atoms with Crippen LogP contribution in [0.4, 0.5) is 4.39 Å². The van der Waals surface area contributed by atoms with Crippen LogP contribution in [0.15, 0.2) is 30.2 Å². The summed E-state index contributed by atoms with van der Waals surface area (Å²) in [4.78, 5) is 30.0. The lowest BCUT2D eigenvalue weighted by molar-refractivity contribution is -0.143. The Morgan fingerprint density at radius 2 is 2.00 bits per heavy atom. The van der Waals surface area contributed by atoms with Crippen molar-refractivity contribution >= 4 is 29.4 Å².